The van der Waals surface area contributed by atoms with Crippen LogP contribution < -0.4 is 5.73 Å². The van der Waals surface area contributed by atoms with E-state index < -0.39 is 12.0 Å². The molecule has 0 aliphatic heterocycles. The number of halogens is 1. The van der Waals surface area contributed by atoms with Crippen LogP contribution in [0.15, 0.2) is 54.7 Å². The Bertz CT molecular complexity index is 520. The number of nitrogens with zero attached hydrogens (tertiary/aromatic N) is 1. The lowest BCUT2D eigenvalue weighted by atomic mass is 10.1. The number of benzene rings is 1. The number of nitrogens with two attached hydrogens (primary N) is 1. The highest BCUT2D eigenvalue weighted by Gasteiger charge is 2.16. The summed E-state index contributed by atoms with van der Waals surface area (Å²) in [7, 11) is 0. The van der Waals surface area contributed by atoms with Gasteiger partial charge in [0.05, 0.1) is 0 Å². The van der Waals surface area contributed by atoms with Crippen molar-refractivity contribution in [3.63, 3.8) is 0 Å². The maximum atomic E-state index is 11.7. The number of hydrogen-bond acceptors (Lipinski definition) is 4. The summed E-state index contributed by atoms with van der Waals surface area (Å²) >= 11 is 0. The molecule has 2 aromatic rings. The highest BCUT2D eigenvalue weighted by molar-refractivity contribution is 5.85. The zero-order chi connectivity index (χ0) is 13.5. The van der Waals surface area contributed by atoms with Gasteiger partial charge in [0, 0.05) is 18.3 Å². The van der Waals surface area contributed by atoms with Gasteiger partial charge in [-0.1, -0.05) is 36.4 Å². The van der Waals surface area contributed by atoms with Gasteiger partial charge in [0.2, 0.25) is 0 Å². The number of carbonyl (C=O) groups is 1. The van der Waals surface area contributed by atoms with E-state index in [0.717, 1.165) is 11.3 Å². The predicted octanol–water partition coefficient (Wildman–Crippen LogP) is 2.12. The summed E-state index contributed by atoms with van der Waals surface area (Å²) < 4.78 is 5.17. The van der Waals surface area contributed by atoms with Crippen molar-refractivity contribution < 1.29 is 9.53 Å². The van der Waals surface area contributed by atoms with Gasteiger partial charge >= 0.3 is 5.97 Å². The fourth-order valence-corrected chi connectivity index (χ4v) is 1.66. The van der Waals surface area contributed by atoms with Crippen LogP contribution in [0.1, 0.15) is 11.3 Å². The Labute approximate surface area is 124 Å². The maximum Gasteiger partial charge on any atom is 0.323 e. The molecule has 1 heterocycles. The van der Waals surface area contributed by atoms with E-state index in [9.17, 15) is 4.79 Å². The molecule has 0 bridgehead atoms. The van der Waals surface area contributed by atoms with Crippen LogP contribution in [0, 0.1) is 0 Å². The minimum atomic E-state index is -0.682. The van der Waals surface area contributed by atoms with E-state index in [0.29, 0.717) is 6.42 Å². The fourth-order valence-electron chi connectivity index (χ4n) is 1.66. The summed E-state index contributed by atoms with van der Waals surface area (Å²) in [6.07, 6.45) is 2.06. The number of rotatable bonds is 5. The van der Waals surface area contributed by atoms with Gasteiger partial charge in [-0.25, -0.2) is 0 Å². The monoisotopic (exact) mass is 292 g/mol. The molecule has 2 N–H and O–H groups in total. The molecule has 1 aromatic heterocycles. The second-order valence-corrected chi connectivity index (χ2v) is 4.23. The van der Waals surface area contributed by atoms with Gasteiger partial charge in [0.1, 0.15) is 12.6 Å². The van der Waals surface area contributed by atoms with Crippen LogP contribution in [0.25, 0.3) is 0 Å². The molecule has 106 valence electrons. The average molecular weight is 293 g/mol. The molecule has 0 saturated carbocycles. The Balaban J connectivity index is 0.00000200. The lowest BCUT2D eigenvalue weighted by Crippen LogP contribution is -2.34. The molecule has 0 spiro atoms. The van der Waals surface area contributed by atoms with Crippen LogP contribution in [-0.4, -0.2) is 17.0 Å². The summed E-state index contributed by atoms with van der Waals surface area (Å²) in [6.45, 7) is 0.246. The zero-order valence-corrected chi connectivity index (χ0v) is 11.8. The second-order valence-electron chi connectivity index (χ2n) is 4.23. The van der Waals surface area contributed by atoms with Gasteiger partial charge < -0.3 is 10.5 Å². The predicted molar refractivity (Wildman–Crippen MR) is 79.4 cm³/mol. The van der Waals surface area contributed by atoms with E-state index in [1.807, 2.05) is 48.5 Å². The van der Waals surface area contributed by atoms with Crippen LogP contribution >= 0.6 is 12.4 Å². The van der Waals surface area contributed by atoms with Crippen molar-refractivity contribution in [2.75, 3.05) is 0 Å². The van der Waals surface area contributed by atoms with Crippen molar-refractivity contribution in [1.82, 2.24) is 4.98 Å². The molecule has 0 radical (unpaired) electrons. The van der Waals surface area contributed by atoms with E-state index in [1.54, 1.807) is 6.20 Å². The topological polar surface area (TPSA) is 65.2 Å². The van der Waals surface area contributed by atoms with Crippen molar-refractivity contribution in [2.45, 2.75) is 19.1 Å². The second kappa shape index (κ2) is 8.30. The van der Waals surface area contributed by atoms with Crippen molar-refractivity contribution in [2.24, 2.45) is 5.73 Å². The maximum absolute atomic E-state index is 11.7. The number of ether oxygens (including phenoxy) is 1. The standard InChI is InChI=1S/C15H16N2O2.ClH/c16-14(10-13-8-4-5-9-17-13)15(18)19-11-12-6-2-1-3-7-12;/h1-9,14H,10-11,16H2;1H/t14-;/m0./s1. The summed E-state index contributed by atoms with van der Waals surface area (Å²) in [5, 5.41) is 0. The van der Waals surface area contributed by atoms with Gasteiger partial charge in [-0.3, -0.25) is 9.78 Å². The Morgan fingerprint density at radius 1 is 1.15 bits per heavy atom. The highest BCUT2D eigenvalue weighted by atomic mass is 35.5. The Morgan fingerprint density at radius 2 is 1.85 bits per heavy atom. The molecule has 0 aliphatic carbocycles. The van der Waals surface area contributed by atoms with Gasteiger partial charge in [0.25, 0.3) is 0 Å². The van der Waals surface area contributed by atoms with Crippen LogP contribution in [0.2, 0.25) is 0 Å². The summed E-state index contributed by atoms with van der Waals surface area (Å²) in [6, 6.07) is 14.4. The summed E-state index contributed by atoms with van der Waals surface area (Å²) in [5.74, 6) is -0.408. The van der Waals surface area contributed by atoms with Gasteiger partial charge in [-0.2, -0.15) is 0 Å². The third-order valence-corrected chi connectivity index (χ3v) is 2.68. The lowest BCUT2D eigenvalue weighted by Gasteiger charge is -2.11. The molecular weight excluding hydrogens is 276 g/mol. The third-order valence-electron chi connectivity index (χ3n) is 2.68. The van der Waals surface area contributed by atoms with Gasteiger partial charge in [-0.05, 0) is 17.7 Å². The Morgan fingerprint density at radius 3 is 2.50 bits per heavy atom. The molecule has 5 heteroatoms. The molecule has 1 aromatic carbocycles. The molecule has 2 rings (SSSR count). The highest BCUT2D eigenvalue weighted by Crippen LogP contribution is 2.04. The van der Waals surface area contributed by atoms with Crippen LogP contribution in [0.4, 0.5) is 0 Å². The number of esters is 1. The minimum absolute atomic E-state index is 0. The van der Waals surface area contributed by atoms with Crippen molar-refractivity contribution in [1.29, 1.82) is 0 Å². The Hall–Kier alpha value is -1.91. The quantitative estimate of drug-likeness (QED) is 0.857. The van der Waals surface area contributed by atoms with Crippen LogP contribution in [0.5, 0.6) is 0 Å². The van der Waals surface area contributed by atoms with Crippen molar-refractivity contribution >= 4 is 18.4 Å². The normalized spacial score (nSPS) is 11.2. The van der Waals surface area contributed by atoms with E-state index >= 15 is 0 Å². The summed E-state index contributed by atoms with van der Waals surface area (Å²) in [4.78, 5) is 15.9. The van der Waals surface area contributed by atoms with Gasteiger partial charge in [0.15, 0.2) is 0 Å². The molecule has 0 fully saturated rings. The first-order valence-electron chi connectivity index (χ1n) is 6.12. The first-order valence-corrected chi connectivity index (χ1v) is 6.12. The number of hydrogen-bond donors (Lipinski definition) is 1. The lowest BCUT2D eigenvalue weighted by molar-refractivity contribution is -0.146. The molecular formula is C15H17ClN2O2. The van der Waals surface area contributed by atoms with Gasteiger partial charge in [-0.15, -0.1) is 12.4 Å². The summed E-state index contributed by atoms with van der Waals surface area (Å²) in [5.41, 5.74) is 7.53. The molecule has 1 atom stereocenters. The molecule has 20 heavy (non-hydrogen) atoms. The van der Waals surface area contributed by atoms with Crippen LogP contribution in [-0.2, 0) is 22.6 Å². The zero-order valence-electron chi connectivity index (χ0n) is 10.9. The SMILES string of the molecule is Cl.N[C@@H](Cc1ccccn1)C(=O)OCc1ccccc1. The Kier molecular flexibility index (Phi) is 6.70. The van der Waals surface area contributed by atoms with E-state index in [1.165, 1.54) is 0 Å². The third kappa shape index (κ3) is 4.99. The average Bonchev–Trinajstić information content (AvgIpc) is 2.47. The molecule has 0 saturated heterocycles. The smallest absolute Gasteiger partial charge is 0.323 e. The number of aromatic nitrogens is 1. The van der Waals surface area contributed by atoms with Crippen molar-refractivity contribution in [3.8, 4) is 0 Å². The number of pyridine rings is 1. The first-order chi connectivity index (χ1) is 9.25. The van der Waals surface area contributed by atoms with Crippen LogP contribution in [0.3, 0.4) is 0 Å². The van der Waals surface area contributed by atoms with E-state index in [4.69, 9.17) is 10.5 Å². The number of carbonyl (C=O) groups excluding carboxylic acids is 1. The van der Waals surface area contributed by atoms with E-state index in [2.05, 4.69) is 4.98 Å². The van der Waals surface area contributed by atoms with E-state index in [-0.39, 0.29) is 19.0 Å². The fraction of sp³-hybridized carbons (Fsp3) is 0.200. The first kappa shape index (κ1) is 16.1. The van der Waals surface area contributed by atoms with Crippen molar-refractivity contribution in [3.05, 3.63) is 66.0 Å². The largest absolute Gasteiger partial charge is 0.460 e. The molecule has 0 amide bonds. The minimum Gasteiger partial charge on any atom is -0.460 e. The molecule has 0 unspecified atom stereocenters. The molecule has 0 aliphatic rings. The molecule has 4 nitrogen and oxygen atoms in total.